The van der Waals surface area contributed by atoms with Gasteiger partial charge in [-0.2, -0.15) is 4.57 Å². The van der Waals surface area contributed by atoms with Gasteiger partial charge in [0.15, 0.2) is 12.4 Å². The summed E-state index contributed by atoms with van der Waals surface area (Å²) >= 11 is 1.35. The summed E-state index contributed by atoms with van der Waals surface area (Å²) in [7, 11) is 0. The number of phenolic OH excluding ortho intramolecular Hbond substituents is 1. The van der Waals surface area contributed by atoms with Crippen LogP contribution in [0.5, 0.6) is 5.75 Å². The van der Waals surface area contributed by atoms with Crippen LogP contribution in [0.25, 0.3) is 0 Å². The van der Waals surface area contributed by atoms with Crippen LogP contribution in [0.4, 0.5) is 10.1 Å². The number of allylic oxidation sites excluding steroid dienone is 1. The number of aliphatic carboxylic acids is 1. The molecule has 5 rings (SSSR count). The van der Waals surface area contributed by atoms with Crippen LogP contribution in [-0.2, 0) is 32.3 Å². The molecule has 0 radical (unpaired) electrons. The number of hydrogen-bond donors (Lipinski definition) is 3. The number of rotatable bonds is 7. The zero-order valence-electron chi connectivity index (χ0n) is 20.5. The van der Waals surface area contributed by atoms with Crippen molar-refractivity contribution in [1.29, 1.82) is 0 Å². The van der Waals surface area contributed by atoms with Crippen molar-refractivity contribution in [2.24, 2.45) is 5.73 Å². The van der Waals surface area contributed by atoms with Gasteiger partial charge < -0.3 is 31.0 Å². The van der Waals surface area contributed by atoms with E-state index in [1.54, 1.807) is 40.1 Å². The highest BCUT2D eigenvalue weighted by Crippen LogP contribution is 2.40. The summed E-state index contributed by atoms with van der Waals surface area (Å²) in [6.07, 6.45) is 5.30. The van der Waals surface area contributed by atoms with E-state index in [1.807, 2.05) is 0 Å². The van der Waals surface area contributed by atoms with Gasteiger partial charge in [0.05, 0.1) is 17.4 Å². The second-order valence-corrected chi connectivity index (χ2v) is 10.4. The average molecular weight is 554 g/mol. The summed E-state index contributed by atoms with van der Waals surface area (Å²) in [6.45, 7) is 0.678. The van der Waals surface area contributed by atoms with E-state index in [-0.39, 0.29) is 29.6 Å². The maximum Gasteiger partial charge on any atom is 0.290 e. The minimum absolute atomic E-state index is 0.0411. The van der Waals surface area contributed by atoms with Crippen molar-refractivity contribution in [3.63, 3.8) is 0 Å². The van der Waals surface area contributed by atoms with Crippen molar-refractivity contribution >= 4 is 41.1 Å². The van der Waals surface area contributed by atoms with Gasteiger partial charge in [0.25, 0.3) is 5.91 Å². The lowest BCUT2D eigenvalue weighted by molar-refractivity contribution is -0.684. The number of thioether (sulfide) groups is 1. The number of pyridine rings is 1. The molecule has 3 aliphatic rings. The lowest BCUT2D eigenvalue weighted by Crippen LogP contribution is -2.69. The maximum absolute atomic E-state index is 13.8. The molecule has 3 amide bonds. The molecule has 1 aromatic carbocycles. The topological polar surface area (TPSA) is 160 Å². The number of carbonyl (C=O) groups excluding carboxylic acids is 4. The summed E-state index contributed by atoms with van der Waals surface area (Å²) in [5, 5.41) is 23.1. The van der Waals surface area contributed by atoms with E-state index in [2.05, 4.69) is 5.32 Å². The first-order chi connectivity index (χ1) is 18.6. The third-order valence-corrected chi connectivity index (χ3v) is 8.00. The fourth-order valence-electron chi connectivity index (χ4n) is 4.68. The predicted molar refractivity (Wildman–Crippen MR) is 135 cm³/mol. The molecule has 13 heteroatoms. The fraction of sp³-hybridized carbons (Fsp3) is 0.269. The van der Waals surface area contributed by atoms with Crippen LogP contribution in [0.2, 0.25) is 0 Å². The summed E-state index contributed by atoms with van der Waals surface area (Å²) in [5.74, 6) is -3.33. The molecule has 39 heavy (non-hydrogen) atoms. The Kier molecular flexibility index (Phi) is 7.10. The molecule has 2 aromatic rings. The van der Waals surface area contributed by atoms with E-state index < -0.39 is 35.0 Å². The summed E-state index contributed by atoms with van der Waals surface area (Å²) in [5.41, 5.74) is 7.12. The zero-order chi connectivity index (χ0) is 27.8. The van der Waals surface area contributed by atoms with E-state index >= 15 is 0 Å². The van der Waals surface area contributed by atoms with Crippen LogP contribution in [0.3, 0.4) is 0 Å². The Morgan fingerprint density at radius 3 is 2.69 bits per heavy atom. The lowest BCUT2D eigenvalue weighted by Gasteiger charge is -2.49. The number of halogens is 1. The molecule has 2 fully saturated rings. The van der Waals surface area contributed by atoms with E-state index in [9.17, 15) is 33.8 Å². The molecule has 2 atom stereocenters. The second kappa shape index (κ2) is 10.5. The Morgan fingerprint density at radius 1 is 1.26 bits per heavy atom. The first kappa shape index (κ1) is 26.4. The average Bonchev–Trinajstić information content (AvgIpc) is 3.24. The van der Waals surface area contributed by atoms with Crippen LogP contribution in [-0.4, -0.2) is 62.3 Å². The van der Waals surface area contributed by atoms with E-state index in [1.165, 1.54) is 23.9 Å². The Labute approximate surface area is 226 Å². The highest BCUT2D eigenvalue weighted by Gasteiger charge is 2.50. The van der Waals surface area contributed by atoms with Gasteiger partial charge in [0.2, 0.25) is 18.4 Å². The number of aromatic hydroxyl groups is 1. The molecule has 4 heterocycles. The number of aromatic nitrogens is 1. The highest BCUT2D eigenvalue weighted by molar-refractivity contribution is 8.00. The largest absolute Gasteiger partial charge is 0.543 e. The number of nitrogens with zero attached hydrogens (tertiary/aromatic N) is 3. The molecule has 4 N–H and O–H groups in total. The first-order valence-electron chi connectivity index (χ1n) is 12.0. The van der Waals surface area contributed by atoms with Crippen molar-refractivity contribution in [2.45, 2.75) is 30.9 Å². The number of hydrogen-bond acceptors (Lipinski definition) is 8. The third kappa shape index (κ3) is 5.22. The zero-order valence-corrected chi connectivity index (χ0v) is 21.3. The Bertz CT molecular complexity index is 1440. The molecule has 11 nitrogen and oxygen atoms in total. The van der Waals surface area contributed by atoms with Gasteiger partial charge in [-0.1, -0.05) is 0 Å². The molecule has 0 unspecified atom stereocenters. The van der Waals surface area contributed by atoms with Crippen molar-refractivity contribution < 1.29 is 38.3 Å². The van der Waals surface area contributed by atoms with Crippen molar-refractivity contribution in [2.75, 3.05) is 17.6 Å². The van der Waals surface area contributed by atoms with Gasteiger partial charge in [-0.3, -0.25) is 19.3 Å². The predicted octanol–water partition coefficient (Wildman–Crippen LogP) is -0.637. The number of nitrogens with one attached hydrogen (secondary N) is 1. The van der Waals surface area contributed by atoms with E-state index in [4.69, 9.17) is 5.73 Å². The molecular formula is C26H24FN5O6S. The number of carbonyl (C=O) groups is 4. The minimum Gasteiger partial charge on any atom is -0.543 e. The Hall–Kier alpha value is -4.23. The number of phenols is 1. The Balaban J connectivity index is 1.21. The maximum atomic E-state index is 13.8. The molecule has 0 saturated carbocycles. The normalized spacial score (nSPS) is 21.7. The number of amides is 3. The molecule has 1 aromatic heterocycles. The Morgan fingerprint density at radius 2 is 2.00 bits per heavy atom. The number of carboxylic acids is 1. The van der Waals surface area contributed by atoms with Crippen LogP contribution >= 0.6 is 11.8 Å². The number of carboxylic acid groups (broad SMARTS) is 1. The molecule has 202 valence electrons. The smallest absolute Gasteiger partial charge is 0.290 e. The molecule has 2 saturated heterocycles. The quantitative estimate of drug-likeness (QED) is 0.177. The van der Waals surface area contributed by atoms with Crippen LogP contribution in [0.1, 0.15) is 12.0 Å². The highest BCUT2D eigenvalue weighted by atomic mass is 32.2. The summed E-state index contributed by atoms with van der Waals surface area (Å²) in [4.78, 5) is 52.0. The molecule has 0 bridgehead atoms. The monoisotopic (exact) mass is 553 g/mol. The first-order valence-corrected chi connectivity index (χ1v) is 13.1. The van der Waals surface area contributed by atoms with Gasteiger partial charge >= 0.3 is 0 Å². The van der Waals surface area contributed by atoms with Crippen LogP contribution < -0.4 is 20.7 Å². The van der Waals surface area contributed by atoms with Gasteiger partial charge in [-0.05, 0) is 35.8 Å². The number of anilines is 1. The number of benzene rings is 1. The van der Waals surface area contributed by atoms with Crippen molar-refractivity contribution in [3.8, 4) is 5.75 Å². The minimum atomic E-state index is -1.48. The SMILES string of the molecule is N[C@@H]1C(=O)N2C(C(=O)[O-])=C(/C=C3\CCN(Cc4cc[n+](CC(=O)Nc5ccc(O)cc5F)cc4)C3=O)CS[C@H]12. The summed E-state index contributed by atoms with van der Waals surface area (Å²) < 4.78 is 15.4. The molecule has 0 aliphatic carbocycles. The van der Waals surface area contributed by atoms with Gasteiger partial charge in [0.1, 0.15) is 23.0 Å². The molecule has 3 aliphatic heterocycles. The summed E-state index contributed by atoms with van der Waals surface area (Å²) in [6, 6.07) is 6.22. The van der Waals surface area contributed by atoms with E-state index in [0.717, 1.165) is 16.5 Å². The van der Waals surface area contributed by atoms with Gasteiger partial charge in [-0.15, -0.1) is 11.8 Å². The number of fused-ring (bicyclic) bond motifs is 1. The second-order valence-electron chi connectivity index (χ2n) is 9.33. The molecule has 0 spiro atoms. The van der Waals surface area contributed by atoms with Crippen molar-refractivity contribution in [3.05, 3.63) is 77.0 Å². The lowest BCUT2D eigenvalue weighted by atomic mass is 10.0. The van der Waals surface area contributed by atoms with Gasteiger partial charge in [0, 0.05) is 42.6 Å². The number of β-lactam (4-membered cyclic amide) rings is 1. The van der Waals surface area contributed by atoms with Gasteiger partial charge in [-0.25, -0.2) is 4.39 Å². The van der Waals surface area contributed by atoms with Crippen molar-refractivity contribution in [1.82, 2.24) is 9.80 Å². The number of likely N-dealkylation sites (tertiary alicyclic amines) is 1. The standard InChI is InChI=1S/C26H24FN5O6S/c27-18-10-17(33)1-2-19(18)29-20(34)12-30-6-3-14(4-7-30)11-31-8-5-15(23(31)35)9-16-13-39-25-21(28)24(36)32(25)22(16)26(37)38/h1-4,6-7,9-10,21,25H,5,8,11-13,28H2,(H2-,29,33,34,37,38)/b15-9+/t21-,25-/m1/s1. The van der Waals surface area contributed by atoms with E-state index in [0.29, 0.717) is 36.4 Å². The fourth-order valence-corrected chi connectivity index (χ4v) is 5.93. The number of nitrogens with two attached hydrogens (primary N) is 1. The van der Waals surface area contributed by atoms with Crippen LogP contribution in [0, 0.1) is 5.82 Å². The van der Waals surface area contributed by atoms with Crippen LogP contribution in [0.15, 0.2) is 65.6 Å². The molecular weight excluding hydrogens is 529 g/mol. The third-order valence-electron chi connectivity index (χ3n) is 6.68.